The topological polar surface area (TPSA) is 24.4 Å². The Morgan fingerprint density at radius 2 is 2.71 bits per heavy atom. The number of hydrogen-bond acceptors (Lipinski definition) is 2. The van der Waals surface area contributed by atoms with Crippen molar-refractivity contribution in [2.24, 2.45) is 4.99 Å². The highest BCUT2D eigenvalue weighted by Gasteiger charge is 1.85. The van der Waals surface area contributed by atoms with E-state index < -0.39 is 0 Å². The van der Waals surface area contributed by atoms with Crippen LogP contribution in [0.25, 0.3) is 0 Å². The van der Waals surface area contributed by atoms with Crippen LogP contribution in [0.3, 0.4) is 0 Å². The second-order valence-corrected chi connectivity index (χ2v) is 1.52. The summed E-state index contributed by atoms with van der Waals surface area (Å²) in [5.41, 5.74) is 1.19. The van der Waals surface area contributed by atoms with Crippen molar-refractivity contribution in [3.05, 3.63) is 11.8 Å². The molecule has 1 N–H and O–H groups in total. The van der Waals surface area contributed by atoms with Crippen LogP contribution in [-0.2, 0) is 0 Å². The summed E-state index contributed by atoms with van der Waals surface area (Å²) in [6, 6.07) is 0. The largest absolute Gasteiger partial charge is 0.370 e. The standard InChI is InChI=1S/C5H8N2/c1-5-2-3-6-4-7-5/h2-3,7H,4H2,1H3. The van der Waals surface area contributed by atoms with Crippen LogP contribution < -0.4 is 5.32 Å². The van der Waals surface area contributed by atoms with Crippen LogP contribution in [0.5, 0.6) is 0 Å². The first kappa shape index (κ1) is 4.37. The van der Waals surface area contributed by atoms with Gasteiger partial charge in [-0.1, -0.05) is 0 Å². The lowest BCUT2D eigenvalue weighted by Gasteiger charge is -2.03. The van der Waals surface area contributed by atoms with Crippen molar-refractivity contribution in [2.75, 3.05) is 6.67 Å². The average molecular weight is 96.1 g/mol. The Labute approximate surface area is 42.9 Å². The predicted octanol–water partition coefficient (Wildman–Crippen LogP) is 0.522. The van der Waals surface area contributed by atoms with Crippen molar-refractivity contribution in [1.29, 1.82) is 0 Å². The summed E-state index contributed by atoms with van der Waals surface area (Å²) in [4.78, 5) is 3.92. The summed E-state index contributed by atoms with van der Waals surface area (Å²) in [6.07, 6.45) is 3.76. The lowest BCUT2D eigenvalue weighted by molar-refractivity contribution is 0.821. The molecule has 2 heteroatoms. The lowest BCUT2D eigenvalue weighted by atomic mass is 10.4. The first-order valence-electron chi connectivity index (χ1n) is 2.30. The maximum absolute atomic E-state index is 3.92. The quantitative estimate of drug-likeness (QED) is 0.467. The van der Waals surface area contributed by atoms with E-state index >= 15 is 0 Å². The number of nitrogens with one attached hydrogen (secondary N) is 1. The maximum Gasteiger partial charge on any atom is 0.107 e. The van der Waals surface area contributed by atoms with Gasteiger partial charge in [-0.05, 0) is 13.0 Å². The fourth-order valence-electron chi connectivity index (χ4n) is 0.446. The van der Waals surface area contributed by atoms with E-state index in [1.807, 2.05) is 19.2 Å². The van der Waals surface area contributed by atoms with E-state index in [1.54, 1.807) is 0 Å². The molecule has 1 heterocycles. The molecule has 1 aliphatic rings. The molecule has 0 unspecified atom stereocenters. The molecule has 1 aliphatic heterocycles. The van der Waals surface area contributed by atoms with E-state index in [2.05, 4.69) is 10.3 Å². The molecule has 0 saturated carbocycles. The molecular weight excluding hydrogens is 88.1 g/mol. The van der Waals surface area contributed by atoms with Gasteiger partial charge in [0.25, 0.3) is 0 Å². The average Bonchev–Trinajstić information content (AvgIpc) is 1.69. The molecule has 0 saturated heterocycles. The maximum atomic E-state index is 3.92. The van der Waals surface area contributed by atoms with E-state index in [0.717, 1.165) is 6.67 Å². The number of aliphatic imine (C=N–C) groups is 1. The zero-order chi connectivity index (χ0) is 5.11. The highest BCUT2D eigenvalue weighted by Crippen LogP contribution is 1.86. The van der Waals surface area contributed by atoms with Crippen molar-refractivity contribution in [1.82, 2.24) is 5.32 Å². The summed E-state index contributed by atoms with van der Waals surface area (Å²) < 4.78 is 0. The Hall–Kier alpha value is -0.790. The van der Waals surface area contributed by atoms with Gasteiger partial charge in [0.15, 0.2) is 0 Å². The molecule has 0 atom stereocenters. The fraction of sp³-hybridized carbons (Fsp3) is 0.400. The highest BCUT2D eigenvalue weighted by atomic mass is 15.0. The third-order valence-corrected chi connectivity index (χ3v) is 0.879. The molecule has 38 valence electrons. The first-order valence-corrected chi connectivity index (χ1v) is 2.30. The number of nitrogens with zero attached hydrogens (tertiary/aromatic N) is 1. The van der Waals surface area contributed by atoms with E-state index in [9.17, 15) is 0 Å². The predicted molar refractivity (Wildman–Crippen MR) is 30.3 cm³/mol. The molecule has 7 heavy (non-hydrogen) atoms. The van der Waals surface area contributed by atoms with E-state index in [4.69, 9.17) is 0 Å². The minimum absolute atomic E-state index is 0.738. The Bertz CT molecular complexity index is 113. The molecule has 2 nitrogen and oxygen atoms in total. The summed E-state index contributed by atoms with van der Waals surface area (Å²) in [6.45, 7) is 2.76. The Kier molecular flexibility index (Phi) is 1.11. The molecule has 1 rings (SSSR count). The highest BCUT2D eigenvalue weighted by molar-refractivity contribution is 5.72. The van der Waals surface area contributed by atoms with Gasteiger partial charge in [0, 0.05) is 11.9 Å². The van der Waals surface area contributed by atoms with Crippen LogP contribution in [0, 0.1) is 0 Å². The van der Waals surface area contributed by atoms with Gasteiger partial charge in [-0.3, -0.25) is 4.99 Å². The van der Waals surface area contributed by atoms with Crippen LogP contribution in [0.2, 0.25) is 0 Å². The lowest BCUT2D eigenvalue weighted by Crippen LogP contribution is -2.13. The summed E-state index contributed by atoms with van der Waals surface area (Å²) in [7, 11) is 0. The monoisotopic (exact) mass is 96.1 g/mol. The molecule has 0 aliphatic carbocycles. The van der Waals surface area contributed by atoms with Gasteiger partial charge in [-0.25, -0.2) is 0 Å². The Morgan fingerprint density at radius 3 is 3.00 bits per heavy atom. The molecule has 0 bridgehead atoms. The van der Waals surface area contributed by atoms with Gasteiger partial charge >= 0.3 is 0 Å². The molecule has 0 aromatic heterocycles. The van der Waals surface area contributed by atoms with Gasteiger partial charge in [0.2, 0.25) is 0 Å². The normalized spacial score (nSPS) is 18.1. The van der Waals surface area contributed by atoms with Crippen LogP contribution in [0.4, 0.5) is 0 Å². The molecule has 0 amide bonds. The summed E-state index contributed by atoms with van der Waals surface area (Å²) in [5, 5.41) is 3.05. The third kappa shape index (κ3) is 1.03. The Balaban J connectivity index is 2.57. The van der Waals surface area contributed by atoms with Crippen molar-refractivity contribution < 1.29 is 0 Å². The zero-order valence-electron chi connectivity index (χ0n) is 4.31. The Morgan fingerprint density at radius 1 is 1.86 bits per heavy atom. The minimum Gasteiger partial charge on any atom is -0.370 e. The van der Waals surface area contributed by atoms with Crippen molar-refractivity contribution >= 4 is 6.21 Å². The van der Waals surface area contributed by atoms with E-state index in [-0.39, 0.29) is 0 Å². The summed E-state index contributed by atoms with van der Waals surface area (Å²) in [5.74, 6) is 0. The van der Waals surface area contributed by atoms with E-state index in [0.29, 0.717) is 0 Å². The molecule has 0 aromatic rings. The van der Waals surface area contributed by atoms with Gasteiger partial charge in [-0.2, -0.15) is 0 Å². The SMILES string of the molecule is CC1=CC=NCN1. The van der Waals surface area contributed by atoms with E-state index in [1.165, 1.54) is 5.70 Å². The number of allylic oxidation sites excluding steroid dienone is 2. The van der Waals surface area contributed by atoms with Gasteiger partial charge in [0.05, 0.1) is 0 Å². The van der Waals surface area contributed by atoms with Crippen LogP contribution in [0.1, 0.15) is 6.92 Å². The van der Waals surface area contributed by atoms with Crippen molar-refractivity contribution in [2.45, 2.75) is 6.92 Å². The van der Waals surface area contributed by atoms with Crippen LogP contribution in [0.15, 0.2) is 16.8 Å². The van der Waals surface area contributed by atoms with Crippen LogP contribution >= 0.6 is 0 Å². The molecule has 0 spiro atoms. The minimum atomic E-state index is 0.738. The van der Waals surface area contributed by atoms with Crippen molar-refractivity contribution in [3.8, 4) is 0 Å². The number of rotatable bonds is 0. The van der Waals surface area contributed by atoms with Gasteiger partial charge in [-0.15, -0.1) is 0 Å². The number of hydrogen-bond donors (Lipinski definition) is 1. The van der Waals surface area contributed by atoms with Crippen molar-refractivity contribution in [3.63, 3.8) is 0 Å². The van der Waals surface area contributed by atoms with Gasteiger partial charge in [0.1, 0.15) is 6.67 Å². The second kappa shape index (κ2) is 1.78. The fourth-order valence-corrected chi connectivity index (χ4v) is 0.446. The smallest absolute Gasteiger partial charge is 0.107 e. The van der Waals surface area contributed by atoms with Crippen LogP contribution in [-0.4, -0.2) is 12.9 Å². The molecule has 0 radical (unpaired) electrons. The molecule has 0 aromatic carbocycles. The first-order chi connectivity index (χ1) is 3.39. The zero-order valence-corrected chi connectivity index (χ0v) is 4.31. The second-order valence-electron chi connectivity index (χ2n) is 1.52. The molecule has 0 fully saturated rings. The summed E-state index contributed by atoms with van der Waals surface area (Å²) >= 11 is 0. The van der Waals surface area contributed by atoms with Gasteiger partial charge < -0.3 is 5.32 Å². The molecular formula is C5H8N2. The third-order valence-electron chi connectivity index (χ3n) is 0.879.